The fourth-order valence-electron chi connectivity index (χ4n) is 2.49. The van der Waals surface area contributed by atoms with Crippen molar-refractivity contribution in [2.45, 2.75) is 12.8 Å². The Morgan fingerprint density at radius 2 is 2.20 bits per heavy atom. The van der Waals surface area contributed by atoms with Crippen molar-refractivity contribution >= 4 is 39.2 Å². The van der Waals surface area contributed by atoms with Gasteiger partial charge in [0.15, 0.2) is 0 Å². The van der Waals surface area contributed by atoms with Crippen LogP contribution in [0.5, 0.6) is 0 Å². The van der Waals surface area contributed by atoms with E-state index in [4.69, 9.17) is 5.73 Å². The molecular formula is C13H17N5OS. The van der Waals surface area contributed by atoms with Gasteiger partial charge in [0, 0.05) is 20.1 Å². The lowest BCUT2D eigenvalue weighted by molar-refractivity contribution is -0.128. The van der Waals surface area contributed by atoms with E-state index in [-0.39, 0.29) is 11.9 Å². The molecule has 106 valence electrons. The highest BCUT2D eigenvalue weighted by molar-refractivity contribution is 7.16. The van der Waals surface area contributed by atoms with E-state index in [2.05, 4.69) is 9.97 Å². The first-order valence-electron chi connectivity index (χ1n) is 6.65. The van der Waals surface area contributed by atoms with Gasteiger partial charge in [-0.25, -0.2) is 4.98 Å². The zero-order valence-corrected chi connectivity index (χ0v) is 12.2. The molecule has 2 N–H and O–H groups in total. The van der Waals surface area contributed by atoms with Crippen LogP contribution in [0.25, 0.3) is 10.2 Å². The molecule has 0 bridgehead atoms. The highest BCUT2D eigenvalue weighted by Gasteiger charge is 2.21. The zero-order chi connectivity index (χ0) is 14.1. The Morgan fingerprint density at radius 1 is 1.45 bits per heavy atom. The summed E-state index contributed by atoms with van der Waals surface area (Å²) in [5, 5.41) is 2.90. The van der Waals surface area contributed by atoms with Gasteiger partial charge in [-0.3, -0.25) is 4.79 Å². The molecule has 3 heterocycles. The SMILES string of the molecule is CN(CC(=O)N1CCCC1)c1nc(N)nc2sccc12. The molecule has 2 aromatic heterocycles. The number of nitrogen functional groups attached to an aromatic ring is 1. The van der Waals surface area contributed by atoms with Crippen LogP contribution in [0.4, 0.5) is 11.8 Å². The number of likely N-dealkylation sites (N-methyl/N-ethyl adjacent to an activating group) is 1. The molecule has 6 nitrogen and oxygen atoms in total. The Labute approximate surface area is 121 Å². The summed E-state index contributed by atoms with van der Waals surface area (Å²) in [7, 11) is 1.87. The molecule has 3 rings (SSSR count). The highest BCUT2D eigenvalue weighted by atomic mass is 32.1. The molecule has 0 spiro atoms. The quantitative estimate of drug-likeness (QED) is 0.923. The van der Waals surface area contributed by atoms with Gasteiger partial charge in [-0.15, -0.1) is 11.3 Å². The first-order valence-corrected chi connectivity index (χ1v) is 7.53. The molecule has 1 aliphatic rings. The predicted molar refractivity (Wildman–Crippen MR) is 80.9 cm³/mol. The summed E-state index contributed by atoms with van der Waals surface area (Å²) < 4.78 is 0. The lowest BCUT2D eigenvalue weighted by Gasteiger charge is -2.22. The second-order valence-corrected chi connectivity index (χ2v) is 5.88. The molecule has 20 heavy (non-hydrogen) atoms. The molecule has 2 aromatic rings. The summed E-state index contributed by atoms with van der Waals surface area (Å²) in [6, 6.07) is 1.96. The van der Waals surface area contributed by atoms with Crippen molar-refractivity contribution in [3.63, 3.8) is 0 Å². The van der Waals surface area contributed by atoms with E-state index in [0.717, 1.165) is 42.0 Å². The maximum atomic E-state index is 12.2. The highest BCUT2D eigenvalue weighted by Crippen LogP contribution is 2.27. The predicted octanol–water partition coefficient (Wildman–Crippen LogP) is 1.33. The van der Waals surface area contributed by atoms with E-state index < -0.39 is 0 Å². The monoisotopic (exact) mass is 291 g/mol. The molecule has 1 saturated heterocycles. The fourth-order valence-corrected chi connectivity index (χ4v) is 3.26. The number of likely N-dealkylation sites (tertiary alicyclic amines) is 1. The number of nitrogens with two attached hydrogens (primary N) is 1. The number of hydrogen-bond donors (Lipinski definition) is 1. The van der Waals surface area contributed by atoms with Crippen LogP contribution >= 0.6 is 11.3 Å². The van der Waals surface area contributed by atoms with Gasteiger partial charge in [0.05, 0.1) is 11.9 Å². The van der Waals surface area contributed by atoms with Crippen molar-refractivity contribution < 1.29 is 4.79 Å². The third-order valence-corrected chi connectivity index (χ3v) is 4.32. The van der Waals surface area contributed by atoms with E-state index in [1.165, 1.54) is 11.3 Å². The van der Waals surface area contributed by atoms with Crippen molar-refractivity contribution in [2.24, 2.45) is 0 Å². The lowest BCUT2D eigenvalue weighted by atomic mass is 10.3. The normalized spacial score (nSPS) is 14.9. The van der Waals surface area contributed by atoms with Crippen LogP contribution < -0.4 is 10.6 Å². The molecule has 0 aliphatic carbocycles. The van der Waals surface area contributed by atoms with Crippen molar-refractivity contribution in [3.05, 3.63) is 11.4 Å². The minimum atomic E-state index is 0.144. The van der Waals surface area contributed by atoms with E-state index in [1.54, 1.807) is 0 Å². The molecule has 1 aliphatic heterocycles. The smallest absolute Gasteiger partial charge is 0.242 e. The van der Waals surface area contributed by atoms with Gasteiger partial charge < -0.3 is 15.5 Å². The van der Waals surface area contributed by atoms with Gasteiger partial charge >= 0.3 is 0 Å². The van der Waals surface area contributed by atoms with Crippen LogP contribution in [0.15, 0.2) is 11.4 Å². The van der Waals surface area contributed by atoms with E-state index >= 15 is 0 Å². The van der Waals surface area contributed by atoms with E-state index in [0.29, 0.717) is 6.54 Å². The number of carbonyl (C=O) groups excluding carboxylic acids is 1. The fraction of sp³-hybridized carbons (Fsp3) is 0.462. The van der Waals surface area contributed by atoms with Gasteiger partial charge in [0.25, 0.3) is 0 Å². The molecule has 0 unspecified atom stereocenters. The number of amides is 1. The number of thiophene rings is 1. The maximum absolute atomic E-state index is 12.2. The summed E-state index contributed by atoms with van der Waals surface area (Å²) >= 11 is 1.52. The molecule has 0 saturated carbocycles. The molecule has 1 amide bonds. The summed E-state index contributed by atoms with van der Waals surface area (Å²) in [6.45, 7) is 2.06. The molecule has 1 fully saturated rings. The minimum Gasteiger partial charge on any atom is -0.368 e. The van der Waals surface area contributed by atoms with Crippen LogP contribution in [0.2, 0.25) is 0 Å². The Balaban J connectivity index is 1.82. The standard InChI is InChI=1S/C13H17N5OS/c1-17(8-10(19)18-5-2-3-6-18)11-9-4-7-20-12(9)16-13(14)15-11/h4,7H,2-3,5-6,8H2,1H3,(H2,14,15,16). The molecule has 0 radical (unpaired) electrons. The van der Waals surface area contributed by atoms with Crippen LogP contribution in [-0.4, -0.2) is 47.5 Å². The summed E-state index contributed by atoms with van der Waals surface area (Å²) in [5.41, 5.74) is 5.74. The van der Waals surface area contributed by atoms with Crippen LogP contribution in [0.1, 0.15) is 12.8 Å². The number of aromatic nitrogens is 2. The van der Waals surface area contributed by atoms with Crippen LogP contribution in [0.3, 0.4) is 0 Å². The zero-order valence-electron chi connectivity index (χ0n) is 11.4. The number of anilines is 2. The number of fused-ring (bicyclic) bond motifs is 1. The summed E-state index contributed by atoms with van der Waals surface area (Å²) in [6.07, 6.45) is 2.20. The third-order valence-electron chi connectivity index (χ3n) is 3.52. The van der Waals surface area contributed by atoms with Gasteiger partial charge in [0.2, 0.25) is 11.9 Å². The van der Waals surface area contributed by atoms with E-state index in [9.17, 15) is 4.79 Å². The van der Waals surface area contributed by atoms with Crippen molar-refractivity contribution in [1.29, 1.82) is 0 Å². The maximum Gasteiger partial charge on any atom is 0.242 e. The van der Waals surface area contributed by atoms with Crippen molar-refractivity contribution in [2.75, 3.05) is 37.3 Å². The van der Waals surface area contributed by atoms with E-state index in [1.807, 2.05) is 28.3 Å². The average molecular weight is 291 g/mol. The van der Waals surface area contributed by atoms with Gasteiger partial charge in [-0.1, -0.05) is 0 Å². The Hall–Kier alpha value is -1.89. The molecule has 0 aromatic carbocycles. The summed E-state index contributed by atoms with van der Waals surface area (Å²) in [5.74, 6) is 1.11. The first kappa shape index (κ1) is 13.1. The van der Waals surface area contributed by atoms with Gasteiger partial charge in [0.1, 0.15) is 10.6 Å². The second kappa shape index (κ2) is 5.24. The second-order valence-electron chi connectivity index (χ2n) is 4.99. The van der Waals surface area contributed by atoms with Crippen LogP contribution in [0, 0.1) is 0 Å². The summed E-state index contributed by atoms with van der Waals surface area (Å²) in [4.78, 5) is 25.3. The molecular weight excluding hydrogens is 274 g/mol. The number of rotatable bonds is 3. The minimum absolute atomic E-state index is 0.144. The van der Waals surface area contributed by atoms with Gasteiger partial charge in [-0.05, 0) is 24.3 Å². The van der Waals surface area contributed by atoms with Crippen molar-refractivity contribution in [3.8, 4) is 0 Å². The number of hydrogen-bond acceptors (Lipinski definition) is 6. The number of carbonyl (C=O) groups is 1. The largest absolute Gasteiger partial charge is 0.368 e. The Kier molecular flexibility index (Phi) is 3.43. The third kappa shape index (κ3) is 2.40. The topological polar surface area (TPSA) is 75.4 Å². The molecule has 7 heteroatoms. The Morgan fingerprint density at radius 3 is 2.95 bits per heavy atom. The lowest BCUT2D eigenvalue weighted by Crippen LogP contribution is -2.37. The number of nitrogens with zero attached hydrogens (tertiary/aromatic N) is 4. The van der Waals surface area contributed by atoms with Crippen molar-refractivity contribution in [1.82, 2.24) is 14.9 Å². The van der Waals surface area contributed by atoms with Crippen LogP contribution in [-0.2, 0) is 4.79 Å². The Bertz CT molecular complexity index is 635. The average Bonchev–Trinajstić information content (AvgIpc) is 3.08. The van der Waals surface area contributed by atoms with Gasteiger partial charge in [-0.2, -0.15) is 4.98 Å². The molecule has 0 atom stereocenters. The first-order chi connectivity index (χ1) is 9.65.